The zero-order chi connectivity index (χ0) is 12.5. The average Bonchev–Trinajstić information content (AvgIpc) is 2.46. The number of hydrogen-bond acceptors (Lipinski definition) is 1. The summed E-state index contributed by atoms with van der Waals surface area (Å²) in [5, 5.41) is 3.71. The van der Waals surface area contributed by atoms with Crippen molar-refractivity contribution in [1.82, 2.24) is 5.32 Å². The molecule has 1 nitrogen and oxygen atoms in total. The second-order valence-electron chi connectivity index (χ2n) is 6.71. The van der Waals surface area contributed by atoms with Gasteiger partial charge >= 0.3 is 0 Å². The molecule has 0 spiro atoms. The van der Waals surface area contributed by atoms with Gasteiger partial charge in [-0.25, -0.2) is 0 Å². The van der Waals surface area contributed by atoms with E-state index in [1.54, 1.807) is 0 Å². The Morgan fingerprint density at radius 2 is 1.06 bits per heavy atom. The molecule has 1 aliphatic heterocycles. The maximum absolute atomic E-state index is 3.71. The van der Waals surface area contributed by atoms with Crippen molar-refractivity contribution < 1.29 is 0 Å². The molecule has 0 aromatic carbocycles. The molecular weight excluding hydrogens is 218 g/mol. The standard InChI is InChI=1S/C17H33N/c1-2-5-9-16-10-7-4-8-14-18-15-17(13-12-16)11-6-3-1/h16-18H,1-15H2. The average molecular weight is 251 g/mol. The third-order valence-corrected chi connectivity index (χ3v) is 5.11. The minimum absolute atomic E-state index is 0.976. The van der Waals surface area contributed by atoms with E-state index in [2.05, 4.69) is 5.32 Å². The van der Waals surface area contributed by atoms with Gasteiger partial charge in [0, 0.05) is 0 Å². The van der Waals surface area contributed by atoms with Gasteiger partial charge in [-0.15, -0.1) is 0 Å². The Hall–Kier alpha value is -0.0400. The molecule has 0 radical (unpaired) electrons. The van der Waals surface area contributed by atoms with E-state index in [0.29, 0.717) is 0 Å². The number of fused-ring (bicyclic) bond motifs is 3. The van der Waals surface area contributed by atoms with Crippen LogP contribution in [0, 0.1) is 11.8 Å². The van der Waals surface area contributed by atoms with Gasteiger partial charge in [-0.05, 0) is 44.2 Å². The van der Waals surface area contributed by atoms with E-state index in [1.807, 2.05) is 0 Å². The highest BCUT2D eigenvalue weighted by Crippen LogP contribution is 2.28. The lowest BCUT2D eigenvalue weighted by Gasteiger charge is -2.20. The minimum Gasteiger partial charge on any atom is -0.316 e. The molecule has 0 amide bonds. The monoisotopic (exact) mass is 251 g/mol. The largest absolute Gasteiger partial charge is 0.316 e. The summed E-state index contributed by atoms with van der Waals surface area (Å²) in [6, 6.07) is 0. The van der Waals surface area contributed by atoms with Crippen LogP contribution in [0.15, 0.2) is 0 Å². The van der Waals surface area contributed by atoms with Crippen LogP contribution in [-0.2, 0) is 0 Å². The molecule has 1 aliphatic carbocycles. The molecule has 1 heteroatoms. The van der Waals surface area contributed by atoms with Crippen molar-refractivity contribution in [2.45, 2.75) is 83.5 Å². The zero-order valence-corrected chi connectivity index (χ0v) is 12.3. The normalized spacial score (nSPS) is 33.3. The fourth-order valence-electron chi connectivity index (χ4n) is 3.82. The predicted molar refractivity (Wildman–Crippen MR) is 79.9 cm³/mol. The summed E-state index contributed by atoms with van der Waals surface area (Å²) in [7, 11) is 0. The molecule has 1 heterocycles. The minimum atomic E-state index is 0.976. The molecule has 0 aromatic rings. The predicted octanol–water partition coefficient (Wildman–Crippen LogP) is 4.91. The van der Waals surface area contributed by atoms with Gasteiger partial charge in [-0.1, -0.05) is 64.2 Å². The van der Waals surface area contributed by atoms with Crippen molar-refractivity contribution in [3.8, 4) is 0 Å². The first-order valence-corrected chi connectivity index (χ1v) is 8.66. The Morgan fingerprint density at radius 3 is 1.83 bits per heavy atom. The van der Waals surface area contributed by atoms with E-state index in [0.717, 1.165) is 11.8 Å². The lowest BCUT2D eigenvalue weighted by atomic mass is 9.87. The van der Waals surface area contributed by atoms with Gasteiger partial charge in [0.2, 0.25) is 0 Å². The second kappa shape index (κ2) is 8.96. The topological polar surface area (TPSA) is 12.0 Å². The Morgan fingerprint density at radius 1 is 0.500 bits per heavy atom. The molecular formula is C17H33N. The van der Waals surface area contributed by atoms with Crippen LogP contribution in [0.25, 0.3) is 0 Å². The first-order chi connectivity index (χ1) is 8.95. The van der Waals surface area contributed by atoms with Crippen LogP contribution in [0.5, 0.6) is 0 Å². The fourth-order valence-corrected chi connectivity index (χ4v) is 3.82. The highest BCUT2D eigenvalue weighted by atomic mass is 14.9. The van der Waals surface area contributed by atoms with Crippen molar-refractivity contribution in [2.75, 3.05) is 13.1 Å². The number of rotatable bonds is 0. The molecule has 2 rings (SSSR count). The van der Waals surface area contributed by atoms with Crippen molar-refractivity contribution in [3.63, 3.8) is 0 Å². The molecule has 2 fully saturated rings. The Balaban J connectivity index is 1.88. The van der Waals surface area contributed by atoms with E-state index >= 15 is 0 Å². The second-order valence-corrected chi connectivity index (χ2v) is 6.71. The Bertz CT molecular complexity index is 164. The summed E-state index contributed by atoms with van der Waals surface area (Å²) in [6.07, 6.45) is 19.4. The molecule has 1 N–H and O–H groups in total. The van der Waals surface area contributed by atoms with Gasteiger partial charge in [0.25, 0.3) is 0 Å². The summed E-state index contributed by atoms with van der Waals surface area (Å²) < 4.78 is 0. The highest BCUT2D eigenvalue weighted by molar-refractivity contribution is 4.70. The molecule has 106 valence electrons. The molecule has 2 unspecified atom stereocenters. The van der Waals surface area contributed by atoms with Crippen LogP contribution in [0.1, 0.15) is 83.5 Å². The first kappa shape index (κ1) is 14.4. The molecule has 2 bridgehead atoms. The zero-order valence-electron chi connectivity index (χ0n) is 12.3. The van der Waals surface area contributed by atoms with Gasteiger partial charge in [-0.2, -0.15) is 0 Å². The van der Waals surface area contributed by atoms with Gasteiger partial charge < -0.3 is 5.32 Å². The lowest BCUT2D eigenvalue weighted by Crippen LogP contribution is -2.24. The van der Waals surface area contributed by atoms with Crippen molar-refractivity contribution in [2.24, 2.45) is 11.8 Å². The molecule has 1 saturated heterocycles. The van der Waals surface area contributed by atoms with Crippen LogP contribution in [0.3, 0.4) is 0 Å². The SMILES string of the molecule is C1CCCC2CCCCCNCC(CCC1)CC2. The van der Waals surface area contributed by atoms with Crippen LogP contribution >= 0.6 is 0 Å². The molecule has 2 aliphatic rings. The van der Waals surface area contributed by atoms with Crippen molar-refractivity contribution in [3.05, 3.63) is 0 Å². The third-order valence-electron chi connectivity index (χ3n) is 5.11. The van der Waals surface area contributed by atoms with E-state index in [-0.39, 0.29) is 0 Å². The van der Waals surface area contributed by atoms with Crippen LogP contribution in [0.2, 0.25) is 0 Å². The summed E-state index contributed by atoms with van der Waals surface area (Å²) in [5.41, 5.74) is 0. The number of hydrogen-bond donors (Lipinski definition) is 1. The van der Waals surface area contributed by atoms with Gasteiger partial charge in [0.1, 0.15) is 0 Å². The van der Waals surface area contributed by atoms with E-state index in [1.165, 1.54) is 96.6 Å². The maximum atomic E-state index is 3.71. The maximum Gasteiger partial charge on any atom is -0.00205 e. The smallest absolute Gasteiger partial charge is 0.00205 e. The highest BCUT2D eigenvalue weighted by Gasteiger charge is 2.15. The molecule has 18 heavy (non-hydrogen) atoms. The summed E-state index contributed by atoms with van der Waals surface area (Å²) in [4.78, 5) is 0. The Kier molecular flexibility index (Phi) is 7.15. The van der Waals surface area contributed by atoms with Gasteiger partial charge in [0.05, 0.1) is 0 Å². The van der Waals surface area contributed by atoms with E-state index < -0.39 is 0 Å². The van der Waals surface area contributed by atoms with E-state index in [4.69, 9.17) is 0 Å². The number of nitrogens with one attached hydrogen (secondary N) is 1. The van der Waals surface area contributed by atoms with Crippen LogP contribution in [-0.4, -0.2) is 13.1 Å². The fraction of sp³-hybridized carbons (Fsp3) is 1.00. The molecule has 1 saturated carbocycles. The van der Waals surface area contributed by atoms with Crippen LogP contribution in [0.4, 0.5) is 0 Å². The Labute approximate surface area is 114 Å². The summed E-state index contributed by atoms with van der Waals surface area (Å²) >= 11 is 0. The van der Waals surface area contributed by atoms with Crippen molar-refractivity contribution >= 4 is 0 Å². The first-order valence-electron chi connectivity index (χ1n) is 8.66. The van der Waals surface area contributed by atoms with E-state index in [9.17, 15) is 0 Å². The molecule has 0 aromatic heterocycles. The van der Waals surface area contributed by atoms with Crippen LogP contribution < -0.4 is 5.32 Å². The summed E-state index contributed by atoms with van der Waals surface area (Å²) in [5.74, 6) is 2.03. The van der Waals surface area contributed by atoms with Crippen molar-refractivity contribution in [1.29, 1.82) is 0 Å². The lowest BCUT2D eigenvalue weighted by molar-refractivity contribution is 0.336. The molecule has 2 atom stereocenters. The quantitative estimate of drug-likeness (QED) is 0.645. The third kappa shape index (κ3) is 5.73. The van der Waals surface area contributed by atoms with Gasteiger partial charge in [0.15, 0.2) is 0 Å². The van der Waals surface area contributed by atoms with Gasteiger partial charge in [-0.3, -0.25) is 0 Å². The summed E-state index contributed by atoms with van der Waals surface area (Å²) in [6.45, 7) is 2.56.